The third-order valence-corrected chi connectivity index (χ3v) is 6.98. The van der Waals surface area contributed by atoms with E-state index in [2.05, 4.69) is 11.6 Å². The van der Waals surface area contributed by atoms with Crippen LogP contribution in [0, 0.1) is 13.8 Å². The molecular formula is C22H25N3O3S2. The number of ether oxygens (including phenoxy) is 1. The summed E-state index contributed by atoms with van der Waals surface area (Å²) >= 11 is 2.78. The molecule has 2 heterocycles. The van der Waals surface area contributed by atoms with Crippen LogP contribution in [0.3, 0.4) is 0 Å². The lowest BCUT2D eigenvalue weighted by molar-refractivity contribution is -0.127. The minimum atomic E-state index is -0.0842. The van der Waals surface area contributed by atoms with Gasteiger partial charge in [0.05, 0.1) is 18.2 Å². The largest absolute Gasteiger partial charge is 0.496 e. The first-order valence-corrected chi connectivity index (χ1v) is 11.3. The van der Waals surface area contributed by atoms with Crippen molar-refractivity contribution in [3.05, 3.63) is 63.3 Å². The van der Waals surface area contributed by atoms with Crippen molar-refractivity contribution >= 4 is 39.2 Å². The molecule has 0 atom stereocenters. The first-order chi connectivity index (χ1) is 14.4. The first kappa shape index (κ1) is 22.1. The Labute approximate surface area is 184 Å². The van der Waals surface area contributed by atoms with Gasteiger partial charge in [-0.05, 0) is 25.5 Å². The molecule has 0 saturated carbocycles. The molecule has 0 aliphatic rings. The predicted octanol–water partition coefficient (Wildman–Crippen LogP) is 4.02. The second kappa shape index (κ2) is 9.49. The molecule has 158 valence electrons. The van der Waals surface area contributed by atoms with Crippen LogP contribution in [-0.2, 0) is 17.9 Å². The summed E-state index contributed by atoms with van der Waals surface area (Å²) in [6, 6.07) is 7.63. The standard InChI is InChI=1S/C22H25N3O3S2/c1-6-11-25-21(27)19-14(2)15(3)30-20(19)23-22(25)29-13-18(26)24(4)12-16-9-7-8-10-17(16)28-5/h6-10H,1,11-13H2,2-5H3. The summed E-state index contributed by atoms with van der Waals surface area (Å²) in [5.41, 5.74) is 1.82. The number of nitrogens with zero attached hydrogens (tertiary/aromatic N) is 3. The fourth-order valence-electron chi connectivity index (χ4n) is 3.12. The normalized spacial score (nSPS) is 10.9. The van der Waals surface area contributed by atoms with Gasteiger partial charge in [-0.2, -0.15) is 0 Å². The van der Waals surface area contributed by atoms with Gasteiger partial charge in [0, 0.05) is 30.6 Å². The van der Waals surface area contributed by atoms with Gasteiger partial charge in [-0.25, -0.2) is 4.98 Å². The highest BCUT2D eigenvalue weighted by Crippen LogP contribution is 2.28. The Hall–Kier alpha value is -2.58. The average molecular weight is 444 g/mol. The maximum Gasteiger partial charge on any atom is 0.263 e. The summed E-state index contributed by atoms with van der Waals surface area (Å²) in [6.45, 7) is 8.48. The number of thiophene rings is 1. The number of amides is 1. The van der Waals surface area contributed by atoms with E-state index in [1.165, 1.54) is 23.1 Å². The molecule has 0 unspecified atom stereocenters. The number of para-hydroxylation sites is 1. The zero-order chi connectivity index (χ0) is 21.8. The quantitative estimate of drug-likeness (QED) is 0.299. The lowest BCUT2D eigenvalue weighted by Gasteiger charge is -2.19. The van der Waals surface area contributed by atoms with Crippen molar-refractivity contribution in [1.29, 1.82) is 0 Å². The number of fused-ring (bicyclic) bond motifs is 1. The van der Waals surface area contributed by atoms with Crippen LogP contribution in [0.5, 0.6) is 5.75 Å². The topological polar surface area (TPSA) is 64.4 Å². The van der Waals surface area contributed by atoms with Gasteiger partial charge in [-0.1, -0.05) is 36.0 Å². The van der Waals surface area contributed by atoms with Gasteiger partial charge in [0.2, 0.25) is 5.91 Å². The number of allylic oxidation sites excluding steroid dienone is 1. The molecular weight excluding hydrogens is 418 g/mol. The van der Waals surface area contributed by atoms with Crippen LogP contribution in [0.1, 0.15) is 16.0 Å². The van der Waals surface area contributed by atoms with E-state index in [-0.39, 0.29) is 17.2 Å². The summed E-state index contributed by atoms with van der Waals surface area (Å²) in [7, 11) is 3.37. The molecule has 0 aliphatic carbocycles. The zero-order valence-corrected chi connectivity index (χ0v) is 19.2. The number of thioether (sulfide) groups is 1. The van der Waals surface area contributed by atoms with Gasteiger partial charge in [0.15, 0.2) is 5.16 Å². The van der Waals surface area contributed by atoms with E-state index in [1.54, 1.807) is 29.7 Å². The molecule has 1 aromatic carbocycles. The Morgan fingerprint density at radius 2 is 2.10 bits per heavy atom. The maximum absolute atomic E-state index is 13.0. The molecule has 0 aliphatic heterocycles. The average Bonchev–Trinajstić information content (AvgIpc) is 3.02. The number of aryl methyl sites for hydroxylation is 2. The molecule has 8 heteroatoms. The molecule has 6 nitrogen and oxygen atoms in total. The number of rotatable bonds is 8. The van der Waals surface area contributed by atoms with Gasteiger partial charge >= 0.3 is 0 Å². The van der Waals surface area contributed by atoms with Crippen LogP contribution >= 0.6 is 23.1 Å². The number of carbonyl (C=O) groups excluding carboxylic acids is 1. The Morgan fingerprint density at radius 3 is 2.80 bits per heavy atom. The monoisotopic (exact) mass is 443 g/mol. The van der Waals surface area contributed by atoms with Crippen LogP contribution in [0.4, 0.5) is 0 Å². The van der Waals surface area contributed by atoms with Crippen LogP contribution in [-0.4, -0.2) is 40.3 Å². The lowest BCUT2D eigenvalue weighted by Crippen LogP contribution is -2.29. The third-order valence-electron chi connectivity index (χ3n) is 4.92. The summed E-state index contributed by atoms with van der Waals surface area (Å²) in [4.78, 5) is 33.9. The molecule has 1 amide bonds. The van der Waals surface area contributed by atoms with Crippen molar-refractivity contribution in [1.82, 2.24) is 14.5 Å². The minimum Gasteiger partial charge on any atom is -0.496 e. The zero-order valence-electron chi connectivity index (χ0n) is 17.6. The van der Waals surface area contributed by atoms with Crippen LogP contribution < -0.4 is 10.3 Å². The van der Waals surface area contributed by atoms with Crippen LogP contribution in [0.15, 0.2) is 46.9 Å². The number of hydrogen-bond acceptors (Lipinski definition) is 6. The number of benzene rings is 1. The predicted molar refractivity (Wildman–Crippen MR) is 124 cm³/mol. The van der Waals surface area contributed by atoms with E-state index in [0.717, 1.165) is 21.8 Å². The highest BCUT2D eigenvalue weighted by molar-refractivity contribution is 7.99. The molecule has 0 radical (unpaired) electrons. The van der Waals surface area contributed by atoms with E-state index >= 15 is 0 Å². The number of hydrogen-bond donors (Lipinski definition) is 0. The van der Waals surface area contributed by atoms with Crippen molar-refractivity contribution in [2.75, 3.05) is 19.9 Å². The number of aromatic nitrogens is 2. The molecule has 3 aromatic rings. The van der Waals surface area contributed by atoms with Crippen molar-refractivity contribution < 1.29 is 9.53 Å². The van der Waals surface area contributed by atoms with E-state index in [1.807, 2.05) is 38.1 Å². The molecule has 0 N–H and O–H groups in total. The summed E-state index contributed by atoms with van der Waals surface area (Å²) in [6.07, 6.45) is 1.67. The molecule has 2 aromatic heterocycles. The molecule has 0 saturated heterocycles. The molecule has 0 spiro atoms. The van der Waals surface area contributed by atoms with Gasteiger partial charge < -0.3 is 9.64 Å². The molecule has 0 bridgehead atoms. The molecule has 30 heavy (non-hydrogen) atoms. The minimum absolute atomic E-state index is 0.0519. The fourth-order valence-corrected chi connectivity index (χ4v) is 5.14. The second-order valence-corrected chi connectivity index (χ2v) is 9.06. The van der Waals surface area contributed by atoms with Gasteiger partial charge in [0.1, 0.15) is 10.6 Å². The van der Waals surface area contributed by atoms with Gasteiger partial charge in [-0.3, -0.25) is 14.2 Å². The van der Waals surface area contributed by atoms with Crippen LogP contribution in [0.2, 0.25) is 0 Å². The number of methoxy groups -OCH3 is 1. The highest BCUT2D eigenvalue weighted by Gasteiger charge is 2.18. The highest BCUT2D eigenvalue weighted by atomic mass is 32.2. The summed E-state index contributed by atoms with van der Waals surface area (Å²) < 4.78 is 6.95. The Bertz CT molecular complexity index is 1150. The first-order valence-electron chi connectivity index (χ1n) is 9.47. The van der Waals surface area contributed by atoms with Crippen LogP contribution in [0.25, 0.3) is 10.2 Å². The van der Waals surface area contributed by atoms with E-state index < -0.39 is 0 Å². The Morgan fingerprint density at radius 1 is 1.37 bits per heavy atom. The second-order valence-electron chi connectivity index (χ2n) is 6.91. The van der Waals surface area contributed by atoms with Crippen molar-refractivity contribution in [2.45, 2.75) is 32.1 Å². The fraction of sp³-hybridized carbons (Fsp3) is 0.318. The number of carbonyl (C=O) groups is 1. The smallest absolute Gasteiger partial charge is 0.263 e. The Balaban J connectivity index is 1.80. The Kier molecular flexibility index (Phi) is 6.99. The van der Waals surface area contributed by atoms with Crippen molar-refractivity contribution in [2.24, 2.45) is 0 Å². The molecule has 0 fully saturated rings. The maximum atomic E-state index is 13.0. The summed E-state index contributed by atoms with van der Waals surface area (Å²) in [5, 5.41) is 1.19. The van der Waals surface area contributed by atoms with Crippen molar-refractivity contribution in [3.63, 3.8) is 0 Å². The SMILES string of the molecule is C=CCn1c(SCC(=O)N(C)Cc2ccccc2OC)nc2sc(C)c(C)c2c1=O. The van der Waals surface area contributed by atoms with Crippen molar-refractivity contribution in [3.8, 4) is 5.75 Å². The van der Waals surface area contributed by atoms with Gasteiger partial charge in [0.25, 0.3) is 5.56 Å². The van der Waals surface area contributed by atoms with E-state index in [0.29, 0.717) is 28.5 Å². The van der Waals surface area contributed by atoms with Gasteiger partial charge in [-0.15, -0.1) is 17.9 Å². The lowest BCUT2D eigenvalue weighted by atomic mass is 10.2. The third kappa shape index (κ3) is 4.44. The summed E-state index contributed by atoms with van der Waals surface area (Å²) in [5.74, 6) is 0.883. The molecule has 3 rings (SSSR count). The van der Waals surface area contributed by atoms with E-state index in [9.17, 15) is 9.59 Å². The van der Waals surface area contributed by atoms with E-state index in [4.69, 9.17) is 4.74 Å².